The first-order chi connectivity index (χ1) is 65.4. The summed E-state index contributed by atoms with van der Waals surface area (Å²) < 4.78 is 155. The number of rotatable bonds is 16. The summed E-state index contributed by atoms with van der Waals surface area (Å²) >= 11 is 0. The van der Waals surface area contributed by atoms with Crippen LogP contribution in [0.3, 0.4) is 0 Å². The number of carboxylic acids is 6. The van der Waals surface area contributed by atoms with Gasteiger partial charge in [0.25, 0.3) is 0 Å². The van der Waals surface area contributed by atoms with Crippen LogP contribution in [0.5, 0.6) is 11.5 Å². The van der Waals surface area contributed by atoms with Crippen LogP contribution in [-0.2, 0) is 9.13 Å². The summed E-state index contributed by atoms with van der Waals surface area (Å²) in [5.74, 6) is -4.92. The Morgan fingerprint density at radius 3 is 0.950 bits per heavy atom. The number of hydrogen-bond acceptors (Lipinski definition) is 28. The van der Waals surface area contributed by atoms with Crippen molar-refractivity contribution in [2.75, 3.05) is 14.2 Å². The molecule has 0 unspecified atom stereocenters. The number of carboxylic acid groups (broad SMARTS) is 6. The molecule has 0 aliphatic heterocycles. The summed E-state index contributed by atoms with van der Waals surface area (Å²) in [5.41, 5.74) is 10.1. The van der Waals surface area contributed by atoms with Gasteiger partial charge in [-0.2, -0.15) is 0 Å². The van der Waals surface area contributed by atoms with Gasteiger partial charge < -0.3 is 74.4 Å². The Hall–Kier alpha value is -16.4. The fraction of sp³-hybridized carbons (Fsp3) is 0.0465. The zero-order valence-electron chi connectivity index (χ0n) is 71.9. The molecular formula is C86H68BClF10N14O26P3-3. The number of methoxy groups -OCH3 is 2. The molecule has 0 atom stereocenters. The number of aryl methyl sites for hydroxylation is 2. The van der Waals surface area contributed by atoms with Gasteiger partial charge in [-0.05, 0) is 146 Å². The van der Waals surface area contributed by atoms with E-state index in [2.05, 4.69) is 83.6 Å². The number of carbonyl (C=O) groups is 6. The summed E-state index contributed by atoms with van der Waals surface area (Å²) in [6.45, 7) is 4.11. The van der Waals surface area contributed by atoms with Gasteiger partial charge in [-0.15, -0.1) is 10.2 Å². The minimum atomic E-state index is -10.7. The molecule has 55 heteroatoms. The number of fused-ring (bicyclic) bond motifs is 4. The third-order valence-corrected chi connectivity index (χ3v) is 19.0. The first-order valence-corrected chi connectivity index (χ1v) is 44.7. The number of halogens is 11. The molecule has 0 aliphatic rings. The average molecular weight is 2040 g/mol. The topological polar surface area (TPSA) is 670 Å². The Morgan fingerprint density at radius 2 is 0.645 bits per heavy atom. The molecule has 0 radical (unpaired) electrons. The van der Waals surface area contributed by atoms with Crippen molar-refractivity contribution in [1.82, 2.24) is 69.8 Å². The van der Waals surface area contributed by atoms with Crippen molar-refractivity contribution in [2.45, 2.75) is 13.8 Å². The summed E-state index contributed by atoms with van der Waals surface area (Å²) in [6, 6.07) is 47.9. The van der Waals surface area contributed by atoms with E-state index in [9.17, 15) is 90.7 Å². The second-order valence-corrected chi connectivity index (χ2v) is 33.1. The Labute approximate surface area is 786 Å². The van der Waals surface area contributed by atoms with Crippen LogP contribution in [0, 0.1) is 24.1 Å². The summed E-state index contributed by atoms with van der Waals surface area (Å²) in [6.07, 6.45) is 19.3. The Kier molecular flexibility index (Phi) is 39.8. The van der Waals surface area contributed by atoms with Crippen LogP contribution in [0.25, 0.3) is 101 Å². The minimum absolute atomic E-state index is 0. The first-order valence-electron chi connectivity index (χ1n) is 38.2. The molecule has 0 aliphatic carbocycles. The summed E-state index contributed by atoms with van der Waals surface area (Å²) in [4.78, 5) is 180. The number of aromatic amines is 2. The van der Waals surface area contributed by atoms with Crippen molar-refractivity contribution >= 4 is 110 Å². The van der Waals surface area contributed by atoms with E-state index in [4.69, 9.17) is 73.2 Å². The third-order valence-electron chi connectivity index (χ3n) is 17.1. The number of aromatic nitrogens is 14. The predicted molar refractivity (Wildman–Crippen MR) is 475 cm³/mol. The average Bonchev–Trinajstić information content (AvgIpc) is 0.762. The van der Waals surface area contributed by atoms with Gasteiger partial charge in [0.15, 0.2) is 10.9 Å². The number of aromatic carboxylic acids is 6. The monoisotopic (exact) mass is 2040 g/mol. The number of para-hydroxylation sites is 1. The van der Waals surface area contributed by atoms with Crippen LogP contribution < -0.4 is 54.3 Å². The van der Waals surface area contributed by atoms with Gasteiger partial charge in [-0.3, -0.25) is 86.5 Å². The molecule has 12 N–H and O–H groups in total. The molecule has 0 fully saturated rings. The molecule has 0 bridgehead atoms. The standard InChI is InChI=1S/C16H10N2O4.C14H8N2O4.C12H8N2O4.C12H12N2O2.C12H12N2.C10H10N2O6P2.C10H8N2O2.BF3.ClHO4.F6P.FH/c19-15(20)9-5-6-17-13(7-9)14-8-11(16(21)22)10-3-1-2-4-12(10)18-14;17-13(18)9-3-5-15-11-7(9)1-2-8-10(14(19)20)4-6-16-12(8)11;15-11(16)7-1-3-13-9(5-7)10-6-8(12(17)18)2-4-14-10;1-15-9-3-5-13-11(7-9)12-8-10(16-2)4-6-14-12;1-9-3-5-13-11(7-9)12-8-10(2)4-6-14-12;13-19(14,15)7-1-3-11-9(5-7)10-6-8(2-4-12-10)20(16,17)18;13-7-1-3-11-9(5-7)10-6-8(14)2-4-12-10;2-1(3)4;2-1(3,4)5;1-7(2,3,4,5)6;/h1-8H,(H,19,20)(H,21,22);1-6H,(H,17,18)(H,19,20);1-6H,(H,15,16)(H,17,18);3-8H,1-2H3;3-8H,1-2H3;1-6H,(H2,13,14,15)(H2,16,17,18);1-6H,(H,11,13)(H,12,14);;(H,2,3,4,5);;1H/q;;;;;;;;;-1;/p-2. The van der Waals surface area contributed by atoms with Crippen molar-refractivity contribution in [3.05, 3.63) is 334 Å². The van der Waals surface area contributed by atoms with Gasteiger partial charge >= 0.3 is 91.5 Å². The van der Waals surface area contributed by atoms with Gasteiger partial charge in [-0.1, -0.05) is 30.3 Å². The molecule has 16 rings (SSSR count). The van der Waals surface area contributed by atoms with Crippen molar-refractivity contribution in [3.8, 4) is 79.8 Å². The van der Waals surface area contributed by atoms with E-state index in [0.29, 0.717) is 66.9 Å². The second kappa shape index (κ2) is 49.5. The number of pyridine rings is 14. The van der Waals surface area contributed by atoms with E-state index >= 15 is 0 Å². The fourth-order valence-electron chi connectivity index (χ4n) is 11.2. The largest absolute Gasteiger partial charge is 1.00 e. The van der Waals surface area contributed by atoms with Crippen LogP contribution >= 0.6 is 23.0 Å². The molecular weight excluding hydrogens is 1970 g/mol. The van der Waals surface area contributed by atoms with Crippen molar-refractivity contribution in [2.24, 2.45) is 0 Å². The zero-order valence-corrected chi connectivity index (χ0v) is 75.3. The number of nitrogens with zero attached hydrogens (tertiary/aromatic N) is 12. The van der Waals surface area contributed by atoms with Crippen LogP contribution in [-0.4, -0.2) is 178 Å². The van der Waals surface area contributed by atoms with E-state index in [0.717, 1.165) is 58.5 Å². The SMILES string of the molecule is COc1ccnc(-c2cc(OC)ccn2)c1.Cc1ccnc(-c2cc(C)ccn2)c1.FB(F)F.F[P-](F)(F)(F)(F)F.O=C(O)c1ccnc(-c2cc(C(=O)O)c3ccccc3n2)c1.O=C(O)c1ccnc(-c2cc(C(=O)O)ccn2)c1.O=C(O)c1ccnc2c1ccc1c(C(=O)O)ccnc12.O=P(O)(O)c1ccnc(-c2cc(P(=O)(O)O)ccn2)c1.O=c1cc[nH]c(-c2cc(=O)cc[nH]2)c1.[F-].[O-][Cl+3]([O-])([O-])[O-]. The summed E-state index contributed by atoms with van der Waals surface area (Å²) in [5, 5.41) is 55.3. The second-order valence-electron chi connectivity index (χ2n) is 27.2. The van der Waals surface area contributed by atoms with E-state index in [1.54, 1.807) is 87.5 Å². The molecule has 736 valence electrons. The van der Waals surface area contributed by atoms with Crippen LogP contribution in [0.15, 0.2) is 278 Å². The molecule has 0 saturated heterocycles. The van der Waals surface area contributed by atoms with E-state index in [-0.39, 0.29) is 70.9 Å². The summed E-state index contributed by atoms with van der Waals surface area (Å²) in [7, 11) is -24.9. The third kappa shape index (κ3) is 38.6. The Balaban J connectivity index is 0.000000246. The normalized spacial score (nSPS) is 11.1. The fourth-order valence-corrected chi connectivity index (χ4v) is 12.3. The quantitative estimate of drug-likeness (QED) is 0.0187. The maximum atomic E-state index is 11.4. The number of ether oxygens (including phenoxy) is 2. The molecule has 0 spiro atoms. The number of benzene rings is 2. The molecule has 14 aromatic heterocycles. The van der Waals surface area contributed by atoms with Crippen molar-refractivity contribution < 1.29 is 169 Å². The van der Waals surface area contributed by atoms with Crippen molar-refractivity contribution in [1.29, 1.82) is 0 Å². The van der Waals surface area contributed by atoms with Crippen LogP contribution in [0.1, 0.15) is 73.3 Å². The molecule has 141 heavy (non-hydrogen) atoms. The Morgan fingerprint density at radius 1 is 0.362 bits per heavy atom. The van der Waals surface area contributed by atoms with Gasteiger partial charge in [0, 0.05) is 133 Å². The number of H-pyrrole nitrogens is 2. The van der Waals surface area contributed by atoms with Crippen molar-refractivity contribution in [3.63, 3.8) is 0 Å². The first kappa shape index (κ1) is 113. The molecule has 16 aromatic rings. The van der Waals surface area contributed by atoms with Crippen LogP contribution in [0.4, 0.5) is 38.1 Å². The van der Waals surface area contributed by atoms with E-state index in [1.165, 1.54) is 133 Å². The molecule has 14 heterocycles. The van der Waals surface area contributed by atoms with Gasteiger partial charge in [0.05, 0.1) is 143 Å². The Bertz CT molecular complexity index is 7070. The maximum Gasteiger partial charge on any atom is 0.356 e. The van der Waals surface area contributed by atoms with E-state index in [1.807, 2.05) is 48.8 Å². The predicted octanol–water partition coefficient (Wildman–Crippen LogP) is 8.32. The molecule has 40 nitrogen and oxygen atoms in total. The van der Waals surface area contributed by atoms with E-state index < -0.39 is 76.6 Å². The zero-order chi connectivity index (χ0) is 104. The van der Waals surface area contributed by atoms with Gasteiger partial charge in [0.2, 0.25) is 0 Å². The number of hydrogen-bond donors (Lipinski definition) is 12. The minimum Gasteiger partial charge on any atom is -1.00 e. The number of nitrogens with one attached hydrogen (secondary N) is 2. The smallest absolute Gasteiger partial charge is 0.356 e. The molecule has 0 saturated carbocycles. The molecule has 2 aromatic carbocycles. The van der Waals surface area contributed by atoms with Gasteiger partial charge in [0.1, 0.15) is 11.5 Å². The molecule has 0 amide bonds. The maximum absolute atomic E-state index is 11.4. The van der Waals surface area contributed by atoms with Gasteiger partial charge in [-0.25, -0.2) is 52.4 Å². The van der Waals surface area contributed by atoms with Crippen LogP contribution in [0.2, 0.25) is 0 Å².